The van der Waals surface area contributed by atoms with Gasteiger partial charge in [0.05, 0.1) is 20.9 Å². The predicted octanol–water partition coefficient (Wildman–Crippen LogP) is 5.12. The molecule has 3 rings (SSSR count). The summed E-state index contributed by atoms with van der Waals surface area (Å²) in [5.74, 6) is 0. The number of fused-ring (bicyclic) bond motifs is 1. The molecule has 0 radical (unpaired) electrons. The molecule has 0 aliphatic carbocycles. The molecule has 0 saturated heterocycles. The van der Waals surface area contributed by atoms with Crippen LogP contribution in [0.1, 0.15) is 10.6 Å². The van der Waals surface area contributed by atoms with E-state index in [1.807, 2.05) is 49.5 Å². The Hall–Kier alpha value is -1.52. The molecule has 4 heteroatoms. The Morgan fingerprint density at radius 2 is 1.95 bits per heavy atom. The molecule has 0 amide bonds. The molecule has 0 spiro atoms. The summed E-state index contributed by atoms with van der Waals surface area (Å²) >= 11 is 5.13. The van der Waals surface area contributed by atoms with E-state index in [-0.39, 0.29) is 0 Å². The predicted molar refractivity (Wildman–Crippen MR) is 85.8 cm³/mol. The van der Waals surface area contributed by atoms with Crippen LogP contribution < -0.4 is 0 Å². The van der Waals surface area contributed by atoms with Crippen molar-refractivity contribution >= 4 is 49.4 Å². The van der Waals surface area contributed by atoms with Crippen LogP contribution in [0.2, 0.25) is 0 Å². The van der Waals surface area contributed by atoms with Crippen molar-refractivity contribution in [1.29, 1.82) is 0 Å². The first-order chi connectivity index (χ1) is 9.20. The highest BCUT2D eigenvalue weighted by molar-refractivity contribution is 9.10. The Kier molecular flexibility index (Phi) is 3.44. The van der Waals surface area contributed by atoms with Gasteiger partial charge in [0.25, 0.3) is 0 Å². The summed E-state index contributed by atoms with van der Waals surface area (Å²) in [6.07, 6.45) is 1.87. The Balaban J connectivity index is 1.89. The number of rotatable bonds is 2. The minimum absolute atomic E-state index is 0.931. The fraction of sp³-hybridized carbons (Fsp3) is 0.0667. The molecular formula is C15H11BrN2S. The first-order valence-corrected chi connectivity index (χ1v) is 7.48. The van der Waals surface area contributed by atoms with Gasteiger partial charge in [0.15, 0.2) is 0 Å². The molecule has 94 valence electrons. The van der Waals surface area contributed by atoms with Gasteiger partial charge in [0.2, 0.25) is 0 Å². The molecule has 1 aromatic heterocycles. The summed E-state index contributed by atoms with van der Waals surface area (Å²) in [7, 11) is 0. The van der Waals surface area contributed by atoms with Gasteiger partial charge in [-0.3, -0.25) is 4.99 Å². The maximum Gasteiger partial charge on any atom is 0.0907 e. The molecule has 19 heavy (non-hydrogen) atoms. The van der Waals surface area contributed by atoms with Crippen molar-refractivity contribution in [3.8, 4) is 0 Å². The van der Waals surface area contributed by atoms with Crippen LogP contribution in [-0.4, -0.2) is 11.2 Å². The number of aliphatic imine (C=N–C) groups is 1. The summed E-state index contributed by atoms with van der Waals surface area (Å²) < 4.78 is 2.28. The monoisotopic (exact) mass is 330 g/mol. The molecule has 0 aliphatic rings. The Bertz CT molecular complexity index is 744. The summed E-state index contributed by atoms with van der Waals surface area (Å²) in [4.78, 5) is 8.97. The van der Waals surface area contributed by atoms with Crippen LogP contribution in [-0.2, 0) is 0 Å². The molecule has 0 fully saturated rings. The SMILES string of the molecule is Cc1nc2cc(N=Cc3ccc(Br)cc3)ccc2s1. The topological polar surface area (TPSA) is 25.2 Å². The molecule has 3 aromatic rings. The van der Waals surface area contributed by atoms with Crippen LogP contribution in [0, 0.1) is 6.92 Å². The number of aryl methyl sites for hydroxylation is 1. The van der Waals surface area contributed by atoms with E-state index in [1.54, 1.807) is 11.3 Å². The zero-order chi connectivity index (χ0) is 13.2. The van der Waals surface area contributed by atoms with Crippen molar-refractivity contribution in [2.75, 3.05) is 0 Å². The fourth-order valence-electron chi connectivity index (χ4n) is 1.81. The van der Waals surface area contributed by atoms with Crippen LogP contribution in [0.15, 0.2) is 51.9 Å². The van der Waals surface area contributed by atoms with Gasteiger partial charge in [-0.1, -0.05) is 28.1 Å². The second-order valence-corrected chi connectivity index (χ2v) is 6.35. The first-order valence-electron chi connectivity index (χ1n) is 5.87. The summed E-state index contributed by atoms with van der Waals surface area (Å²) in [6, 6.07) is 14.2. The van der Waals surface area contributed by atoms with E-state index in [0.717, 1.165) is 26.2 Å². The fourth-order valence-corrected chi connectivity index (χ4v) is 2.88. The molecule has 0 saturated carbocycles. The van der Waals surface area contributed by atoms with Gasteiger partial charge in [-0.05, 0) is 42.8 Å². The van der Waals surface area contributed by atoms with Gasteiger partial charge in [0.1, 0.15) is 0 Å². The van der Waals surface area contributed by atoms with Crippen molar-refractivity contribution in [3.05, 3.63) is 57.5 Å². The molecule has 0 bridgehead atoms. The molecule has 0 N–H and O–H groups in total. The molecule has 0 aliphatic heterocycles. The van der Waals surface area contributed by atoms with E-state index in [2.05, 4.69) is 32.0 Å². The lowest BCUT2D eigenvalue weighted by molar-refractivity contribution is 1.34. The van der Waals surface area contributed by atoms with Crippen molar-refractivity contribution in [3.63, 3.8) is 0 Å². The molecular weight excluding hydrogens is 320 g/mol. The number of aromatic nitrogens is 1. The highest BCUT2D eigenvalue weighted by atomic mass is 79.9. The van der Waals surface area contributed by atoms with Crippen molar-refractivity contribution < 1.29 is 0 Å². The van der Waals surface area contributed by atoms with Gasteiger partial charge in [-0.25, -0.2) is 4.98 Å². The minimum Gasteiger partial charge on any atom is -0.256 e. The number of hydrogen-bond acceptors (Lipinski definition) is 3. The van der Waals surface area contributed by atoms with Crippen LogP contribution in [0.25, 0.3) is 10.2 Å². The van der Waals surface area contributed by atoms with Gasteiger partial charge in [-0.2, -0.15) is 0 Å². The number of nitrogens with zero attached hydrogens (tertiary/aromatic N) is 2. The van der Waals surface area contributed by atoms with Crippen LogP contribution >= 0.6 is 27.3 Å². The minimum atomic E-state index is 0.931. The van der Waals surface area contributed by atoms with Crippen molar-refractivity contribution in [1.82, 2.24) is 4.98 Å². The lowest BCUT2D eigenvalue weighted by Crippen LogP contribution is -1.79. The van der Waals surface area contributed by atoms with Crippen LogP contribution in [0.3, 0.4) is 0 Å². The number of benzene rings is 2. The van der Waals surface area contributed by atoms with Crippen molar-refractivity contribution in [2.24, 2.45) is 4.99 Å². The van der Waals surface area contributed by atoms with Gasteiger partial charge >= 0.3 is 0 Å². The normalized spacial score (nSPS) is 11.5. The third-order valence-corrected chi connectivity index (χ3v) is 4.19. The third-order valence-electron chi connectivity index (χ3n) is 2.71. The zero-order valence-corrected chi connectivity index (χ0v) is 12.7. The number of thiazole rings is 1. The maximum atomic E-state index is 4.49. The lowest BCUT2D eigenvalue weighted by atomic mass is 10.2. The van der Waals surface area contributed by atoms with Crippen molar-refractivity contribution in [2.45, 2.75) is 6.92 Å². The van der Waals surface area contributed by atoms with Crippen LogP contribution in [0.5, 0.6) is 0 Å². The molecule has 0 atom stereocenters. The van der Waals surface area contributed by atoms with Gasteiger partial charge < -0.3 is 0 Å². The highest BCUT2D eigenvalue weighted by Crippen LogP contribution is 2.25. The average Bonchev–Trinajstić information content (AvgIpc) is 2.77. The number of halogens is 1. The third kappa shape index (κ3) is 2.91. The summed E-state index contributed by atoms with van der Waals surface area (Å²) in [6.45, 7) is 2.02. The smallest absolute Gasteiger partial charge is 0.0907 e. The van der Waals surface area contributed by atoms with E-state index in [1.165, 1.54) is 4.70 Å². The average molecular weight is 331 g/mol. The van der Waals surface area contributed by atoms with E-state index >= 15 is 0 Å². The number of hydrogen-bond donors (Lipinski definition) is 0. The van der Waals surface area contributed by atoms with E-state index in [9.17, 15) is 0 Å². The first kappa shape index (κ1) is 12.5. The van der Waals surface area contributed by atoms with Crippen LogP contribution in [0.4, 0.5) is 5.69 Å². The summed E-state index contributed by atoms with van der Waals surface area (Å²) in [5.41, 5.74) is 3.03. The maximum absolute atomic E-state index is 4.49. The molecule has 1 heterocycles. The molecule has 2 aromatic carbocycles. The molecule has 0 unspecified atom stereocenters. The largest absolute Gasteiger partial charge is 0.256 e. The quantitative estimate of drug-likeness (QED) is 0.599. The van der Waals surface area contributed by atoms with Gasteiger partial charge in [0, 0.05) is 10.7 Å². The Labute approximate surface area is 124 Å². The zero-order valence-electron chi connectivity index (χ0n) is 10.3. The Morgan fingerprint density at radius 1 is 1.16 bits per heavy atom. The van der Waals surface area contributed by atoms with Gasteiger partial charge in [-0.15, -0.1) is 11.3 Å². The van der Waals surface area contributed by atoms with E-state index < -0.39 is 0 Å². The standard InChI is InChI=1S/C15H11BrN2S/c1-10-18-14-8-13(6-7-15(14)19-10)17-9-11-2-4-12(16)5-3-11/h2-9H,1H3. The Morgan fingerprint density at radius 3 is 2.74 bits per heavy atom. The highest BCUT2D eigenvalue weighted by Gasteiger charge is 2.00. The van der Waals surface area contributed by atoms with E-state index in [4.69, 9.17) is 0 Å². The molecule has 2 nitrogen and oxygen atoms in total. The second kappa shape index (κ2) is 5.23. The van der Waals surface area contributed by atoms with E-state index in [0.29, 0.717) is 0 Å². The second-order valence-electron chi connectivity index (χ2n) is 4.19. The summed E-state index contributed by atoms with van der Waals surface area (Å²) in [5, 5.41) is 1.09. The lowest BCUT2D eigenvalue weighted by Gasteiger charge is -1.95.